The lowest BCUT2D eigenvalue weighted by Crippen LogP contribution is -2.18. The lowest BCUT2D eigenvalue weighted by Gasteiger charge is -2.19. The maximum absolute atomic E-state index is 8.78. The molecule has 2 nitrogen and oxygen atoms in total. The number of nitriles is 1. The molecule has 0 aliphatic rings. The molecule has 0 N–H and O–H groups in total. The van der Waals surface area contributed by atoms with E-state index in [1.165, 1.54) is 0 Å². The van der Waals surface area contributed by atoms with Crippen LogP contribution in [-0.2, 0) is 0 Å². The predicted octanol–water partition coefficient (Wildman–Crippen LogP) is 2.70. The summed E-state index contributed by atoms with van der Waals surface area (Å²) in [6.07, 6.45) is 2.27. The Morgan fingerprint density at radius 3 is 2.87 bits per heavy atom. The van der Waals surface area contributed by atoms with Crippen molar-refractivity contribution >= 4 is 18.3 Å². The average Bonchev–Trinajstić information content (AvgIpc) is 2.29. The molecule has 0 saturated carbocycles. The molecule has 3 heteroatoms. The normalized spacial score (nSPS) is 9.67. The van der Waals surface area contributed by atoms with Crippen molar-refractivity contribution in [2.75, 3.05) is 24.2 Å². The van der Waals surface area contributed by atoms with Gasteiger partial charge in [0.15, 0.2) is 0 Å². The van der Waals surface area contributed by atoms with Gasteiger partial charge in [0.2, 0.25) is 0 Å². The quantitative estimate of drug-likeness (QED) is 0.610. The first-order valence-electron chi connectivity index (χ1n) is 5.10. The Morgan fingerprint density at radius 2 is 2.20 bits per heavy atom. The molecule has 0 spiro atoms. The van der Waals surface area contributed by atoms with Gasteiger partial charge < -0.3 is 4.90 Å². The van der Waals surface area contributed by atoms with E-state index in [0.29, 0.717) is 5.56 Å². The van der Waals surface area contributed by atoms with Crippen molar-refractivity contribution in [3.05, 3.63) is 29.8 Å². The van der Waals surface area contributed by atoms with Crippen molar-refractivity contribution in [2.45, 2.75) is 12.8 Å². The van der Waals surface area contributed by atoms with Crippen LogP contribution < -0.4 is 4.90 Å². The SMILES string of the molecule is CN(CCCCS)c1cccc(C#N)c1. The van der Waals surface area contributed by atoms with E-state index in [2.05, 4.69) is 30.6 Å². The molecule has 0 aliphatic heterocycles. The van der Waals surface area contributed by atoms with Crippen molar-refractivity contribution in [3.63, 3.8) is 0 Å². The largest absolute Gasteiger partial charge is 0.375 e. The van der Waals surface area contributed by atoms with Crippen molar-refractivity contribution in [3.8, 4) is 6.07 Å². The summed E-state index contributed by atoms with van der Waals surface area (Å²) in [6.45, 7) is 1.01. The Kier molecular flexibility index (Phi) is 5.06. The van der Waals surface area contributed by atoms with Gasteiger partial charge in [-0.05, 0) is 36.8 Å². The molecule has 80 valence electrons. The molecular formula is C12H16N2S. The van der Waals surface area contributed by atoms with Gasteiger partial charge in [-0.15, -0.1) is 0 Å². The van der Waals surface area contributed by atoms with Gasteiger partial charge in [0.25, 0.3) is 0 Å². The molecule has 0 fully saturated rings. The van der Waals surface area contributed by atoms with Crippen LogP contribution in [0.4, 0.5) is 5.69 Å². The highest BCUT2D eigenvalue weighted by Crippen LogP contribution is 2.14. The van der Waals surface area contributed by atoms with Crippen LogP contribution in [-0.4, -0.2) is 19.3 Å². The molecule has 0 bridgehead atoms. The lowest BCUT2D eigenvalue weighted by molar-refractivity contribution is 0.773. The summed E-state index contributed by atoms with van der Waals surface area (Å²) < 4.78 is 0. The van der Waals surface area contributed by atoms with E-state index in [1.54, 1.807) is 0 Å². The maximum atomic E-state index is 8.78. The summed E-state index contributed by atoms with van der Waals surface area (Å²) in [6, 6.07) is 9.84. The molecule has 0 radical (unpaired) electrons. The minimum Gasteiger partial charge on any atom is -0.375 e. The van der Waals surface area contributed by atoms with Gasteiger partial charge in [-0.3, -0.25) is 0 Å². The first-order valence-corrected chi connectivity index (χ1v) is 5.73. The Bertz CT molecular complexity index is 344. The maximum Gasteiger partial charge on any atom is 0.0992 e. The number of hydrogen-bond acceptors (Lipinski definition) is 3. The van der Waals surface area contributed by atoms with Crippen molar-refractivity contribution < 1.29 is 0 Å². The number of thiol groups is 1. The van der Waals surface area contributed by atoms with Crippen LogP contribution in [0.1, 0.15) is 18.4 Å². The van der Waals surface area contributed by atoms with Crippen LogP contribution in [0.25, 0.3) is 0 Å². The highest BCUT2D eigenvalue weighted by Gasteiger charge is 2.00. The second kappa shape index (κ2) is 6.36. The molecule has 0 heterocycles. The molecule has 15 heavy (non-hydrogen) atoms. The van der Waals surface area contributed by atoms with Gasteiger partial charge in [-0.25, -0.2) is 0 Å². The van der Waals surface area contributed by atoms with E-state index >= 15 is 0 Å². The summed E-state index contributed by atoms with van der Waals surface area (Å²) in [5.41, 5.74) is 1.82. The number of benzene rings is 1. The molecule has 1 aromatic rings. The third-order valence-corrected chi connectivity index (χ3v) is 2.63. The summed E-state index contributed by atoms with van der Waals surface area (Å²) in [5.74, 6) is 0.937. The summed E-state index contributed by atoms with van der Waals surface area (Å²) in [4.78, 5) is 2.17. The molecule has 0 aliphatic carbocycles. The van der Waals surface area contributed by atoms with Crippen molar-refractivity contribution in [1.29, 1.82) is 5.26 Å². The molecule has 0 saturated heterocycles. The fourth-order valence-corrected chi connectivity index (χ4v) is 1.63. The van der Waals surface area contributed by atoms with Gasteiger partial charge in [0.05, 0.1) is 11.6 Å². The Morgan fingerprint density at radius 1 is 1.40 bits per heavy atom. The second-order valence-electron chi connectivity index (χ2n) is 3.51. The van der Waals surface area contributed by atoms with E-state index in [1.807, 2.05) is 24.3 Å². The fraction of sp³-hybridized carbons (Fsp3) is 0.417. The third-order valence-electron chi connectivity index (χ3n) is 2.32. The van der Waals surface area contributed by atoms with Gasteiger partial charge in [0.1, 0.15) is 0 Å². The number of nitrogens with zero attached hydrogens (tertiary/aromatic N) is 2. The van der Waals surface area contributed by atoms with Crippen molar-refractivity contribution in [1.82, 2.24) is 0 Å². The minimum atomic E-state index is 0.716. The zero-order valence-electron chi connectivity index (χ0n) is 8.98. The Labute approximate surface area is 96.9 Å². The summed E-state index contributed by atoms with van der Waals surface area (Å²) in [5, 5.41) is 8.78. The monoisotopic (exact) mass is 220 g/mol. The van der Waals surface area contributed by atoms with Crippen LogP contribution in [0.2, 0.25) is 0 Å². The van der Waals surface area contributed by atoms with Crippen LogP contribution in [0.3, 0.4) is 0 Å². The predicted molar refractivity (Wildman–Crippen MR) is 67.5 cm³/mol. The van der Waals surface area contributed by atoms with Crippen LogP contribution in [0.5, 0.6) is 0 Å². The fourth-order valence-electron chi connectivity index (χ4n) is 1.40. The Hall–Kier alpha value is -1.14. The molecule has 1 aromatic carbocycles. The Balaban J connectivity index is 2.57. The van der Waals surface area contributed by atoms with E-state index < -0.39 is 0 Å². The molecule has 1 rings (SSSR count). The standard InChI is InChI=1S/C12H16N2S/c1-14(7-2-3-8-15)12-6-4-5-11(9-12)10-13/h4-6,9,15H,2-3,7-8H2,1H3. The summed E-state index contributed by atoms with van der Waals surface area (Å²) in [7, 11) is 2.05. The number of rotatable bonds is 5. The zero-order chi connectivity index (χ0) is 11.1. The second-order valence-corrected chi connectivity index (χ2v) is 3.96. The molecule has 0 amide bonds. The molecule has 0 unspecified atom stereocenters. The zero-order valence-corrected chi connectivity index (χ0v) is 9.87. The van der Waals surface area contributed by atoms with Gasteiger partial charge >= 0.3 is 0 Å². The van der Waals surface area contributed by atoms with E-state index in [9.17, 15) is 0 Å². The number of unbranched alkanes of at least 4 members (excludes halogenated alkanes) is 1. The average molecular weight is 220 g/mol. The van der Waals surface area contributed by atoms with Gasteiger partial charge in [-0.2, -0.15) is 17.9 Å². The minimum absolute atomic E-state index is 0.716. The third kappa shape index (κ3) is 3.85. The first-order chi connectivity index (χ1) is 7.27. The highest BCUT2D eigenvalue weighted by molar-refractivity contribution is 7.80. The lowest BCUT2D eigenvalue weighted by atomic mass is 10.2. The molecular weight excluding hydrogens is 204 g/mol. The smallest absolute Gasteiger partial charge is 0.0992 e. The topological polar surface area (TPSA) is 27.0 Å². The van der Waals surface area contributed by atoms with Gasteiger partial charge in [0, 0.05) is 19.3 Å². The van der Waals surface area contributed by atoms with E-state index in [4.69, 9.17) is 5.26 Å². The molecule has 0 aromatic heterocycles. The highest BCUT2D eigenvalue weighted by atomic mass is 32.1. The number of anilines is 1. The molecule has 0 atom stereocenters. The van der Waals surface area contributed by atoms with Crippen LogP contribution in [0, 0.1) is 11.3 Å². The summed E-state index contributed by atoms with van der Waals surface area (Å²) >= 11 is 4.18. The number of hydrogen-bond donors (Lipinski definition) is 1. The van der Waals surface area contributed by atoms with Crippen LogP contribution >= 0.6 is 12.6 Å². The van der Waals surface area contributed by atoms with Gasteiger partial charge in [-0.1, -0.05) is 6.07 Å². The van der Waals surface area contributed by atoms with E-state index in [0.717, 1.165) is 30.8 Å². The first kappa shape index (κ1) is 11.9. The van der Waals surface area contributed by atoms with E-state index in [-0.39, 0.29) is 0 Å². The van der Waals surface area contributed by atoms with Crippen molar-refractivity contribution in [2.24, 2.45) is 0 Å². The van der Waals surface area contributed by atoms with Crippen LogP contribution in [0.15, 0.2) is 24.3 Å².